The van der Waals surface area contributed by atoms with Gasteiger partial charge >= 0.3 is 20.2 Å². The summed E-state index contributed by atoms with van der Waals surface area (Å²) >= 11 is 0. The minimum absolute atomic E-state index is 0.0174. The Balaban J connectivity index is 2.01. The summed E-state index contributed by atoms with van der Waals surface area (Å²) in [5.41, 5.74) is 6.89. The van der Waals surface area contributed by atoms with E-state index in [-0.39, 0.29) is 70.3 Å². The molecule has 0 atom stereocenters. The van der Waals surface area contributed by atoms with Gasteiger partial charge < -0.3 is 18.6 Å². The fourth-order valence-corrected chi connectivity index (χ4v) is 8.20. The van der Waals surface area contributed by atoms with Crippen LogP contribution in [0.4, 0.5) is 0 Å². The average molecular weight is 805 g/mol. The van der Waals surface area contributed by atoms with Crippen LogP contribution in [0.2, 0.25) is 0 Å². The Morgan fingerprint density at radius 1 is 0.393 bits per heavy atom. The molecule has 4 aromatic rings. The van der Waals surface area contributed by atoms with Crippen LogP contribution in [0.1, 0.15) is 150 Å². The third-order valence-electron chi connectivity index (χ3n) is 10.5. The van der Waals surface area contributed by atoms with Crippen LogP contribution >= 0.6 is 0 Å². The summed E-state index contributed by atoms with van der Waals surface area (Å²) in [4.78, 5) is 0. The first-order chi connectivity index (χ1) is 25.3. The van der Waals surface area contributed by atoms with Crippen molar-refractivity contribution in [3.8, 4) is 23.0 Å². The summed E-state index contributed by atoms with van der Waals surface area (Å²) in [5, 5.41) is 24.4. The van der Waals surface area contributed by atoms with Gasteiger partial charge in [0.15, 0.2) is 0 Å². The van der Waals surface area contributed by atoms with E-state index in [4.69, 9.17) is 8.37 Å². The average Bonchev–Trinajstić information content (AvgIpc) is 2.99. The van der Waals surface area contributed by atoms with E-state index in [0.29, 0.717) is 44.5 Å². The molecule has 0 unspecified atom stereocenters. The topological polar surface area (TPSA) is 127 Å². The zero-order valence-electron chi connectivity index (χ0n) is 35.6. The Morgan fingerprint density at radius 2 is 0.571 bits per heavy atom. The molecular weight excluding hydrogens is 745 g/mol. The third-order valence-corrected chi connectivity index (χ3v) is 11.4. The monoisotopic (exact) mass is 804 g/mol. The molecule has 0 amide bonds. The number of aromatic hydroxyl groups is 2. The van der Waals surface area contributed by atoms with Crippen molar-refractivity contribution in [2.75, 3.05) is 12.5 Å². The van der Waals surface area contributed by atoms with Gasteiger partial charge in [-0.25, -0.2) is 0 Å². The number of phenolic OH excluding ortho intramolecular Hbond substituents is 2. The van der Waals surface area contributed by atoms with E-state index in [2.05, 4.69) is 83.1 Å². The number of benzene rings is 4. The lowest BCUT2D eigenvalue weighted by atomic mass is 9.79. The number of hydrogen-bond acceptors (Lipinski definition) is 8. The number of rotatable bonds is 4. The molecule has 5 rings (SSSR count). The predicted molar refractivity (Wildman–Crippen MR) is 226 cm³/mol. The van der Waals surface area contributed by atoms with Crippen molar-refractivity contribution in [2.45, 2.75) is 130 Å². The summed E-state index contributed by atoms with van der Waals surface area (Å²) in [7, 11) is -8.03. The van der Waals surface area contributed by atoms with Crippen LogP contribution in [0.5, 0.6) is 23.0 Å². The smallest absolute Gasteiger partial charge is 0.306 e. The SMILES string of the molecule is CC(C)(C)c1cc2c(O)c(c1)Cc1cc(C(C)(C)C)cc(c1OS(C)(=O)=O)Cc1cc(C(C)(C)C)cc(c1O)Cc1cc(C(C)(C)C)cc(c1OS(C)(=O)=O)C2. The second kappa shape index (κ2) is 14.4. The molecule has 0 heterocycles. The van der Waals surface area contributed by atoms with Crippen LogP contribution in [-0.2, 0) is 67.6 Å². The highest BCUT2D eigenvalue weighted by Gasteiger charge is 2.29. The van der Waals surface area contributed by atoms with Crippen molar-refractivity contribution in [3.63, 3.8) is 0 Å². The quantitative estimate of drug-likeness (QED) is 0.172. The van der Waals surface area contributed by atoms with Crippen molar-refractivity contribution in [1.82, 2.24) is 0 Å². The highest BCUT2D eigenvalue weighted by atomic mass is 32.2. The molecule has 2 N–H and O–H groups in total. The van der Waals surface area contributed by atoms with Crippen LogP contribution in [-0.4, -0.2) is 39.6 Å². The van der Waals surface area contributed by atoms with Crippen LogP contribution < -0.4 is 8.37 Å². The summed E-state index contributed by atoms with van der Waals surface area (Å²) in [5.74, 6) is 0.369. The van der Waals surface area contributed by atoms with E-state index >= 15 is 0 Å². The second-order valence-corrected chi connectivity index (χ2v) is 23.0. The van der Waals surface area contributed by atoms with Crippen molar-refractivity contribution >= 4 is 20.2 Å². The van der Waals surface area contributed by atoms with Crippen LogP contribution in [0, 0.1) is 0 Å². The number of phenols is 2. The molecule has 0 aromatic heterocycles. The molecule has 1 aliphatic carbocycles. The molecule has 10 heteroatoms. The zero-order valence-corrected chi connectivity index (χ0v) is 37.2. The highest BCUT2D eigenvalue weighted by Crippen LogP contribution is 2.44. The highest BCUT2D eigenvalue weighted by molar-refractivity contribution is 7.86. The summed E-state index contributed by atoms with van der Waals surface area (Å²) in [6.45, 7) is 25.0. The molecule has 1 aliphatic rings. The Bertz CT molecular complexity index is 2150. The van der Waals surface area contributed by atoms with Gasteiger partial charge in [-0.1, -0.05) is 132 Å². The predicted octanol–water partition coefficient (Wildman–Crippen LogP) is 9.64. The van der Waals surface area contributed by atoms with Crippen molar-refractivity contribution < 1.29 is 35.4 Å². The molecule has 304 valence electrons. The maximum Gasteiger partial charge on any atom is 0.306 e. The first-order valence-corrected chi connectivity index (χ1v) is 22.8. The molecule has 0 saturated carbocycles. The Labute approximate surface area is 335 Å². The summed E-state index contributed by atoms with van der Waals surface area (Å²) in [6, 6.07) is 15.6. The lowest BCUT2D eigenvalue weighted by Crippen LogP contribution is -2.18. The largest absolute Gasteiger partial charge is 0.507 e. The molecule has 0 fully saturated rings. The lowest BCUT2D eigenvalue weighted by molar-refractivity contribution is 0.459. The first kappa shape index (κ1) is 43.1. The van der Waals surface area contributed by atoms with Crippen molar-refractivity contribution in [1.29, 1.82) is 0 Å². The molecule has 0 aliphatic heterocycles. The van der Waals surface area contributed by atoms with Gasteiger partial charge in [0, 0.05) is 47.9 Å². The molecule has 8 nitrogen and oxygen atoms in total. The van der Waals surface area contributed by atoms with Gasteiger partial charge in [0.05, 0.1) is 12.5 Å². The molecule has 4 aromatic carbocycles. The first-order valence-electron chi connectivity index (χ1n) is 19.1. The van der Waals surface area contributed by atoms with Crippen molar-refractivity contribution in [2.24, 2.45) is 0 Å². The van der Waals surface area contributed by atoms with Gasteiger partial charge in [0.25, 0.3) is 0 Å². The van der Waals surface area contributed by atoms with E-state index in [1.54, 1.807) is 0 Å². The maximum absolute atomic E-state index is 13.0. The lowest BCUT2D eigenvalue weighted by Gasteiger charge is -2.27. The number of hydrogen-bond donors (Lipinski definition) is 2. The van der Waals surface area contributed by atoms with Gasteiger partial charge in [-0.3, -0.25) is 0 Å². The van der Waals surface area contributed by atoms with Gasteiger partial charge in [-0.2, -0.15) is 16.8 Å². The summed E-state index contributed by atoms with van der Waals surface area (Å²) < 4.78 is 63.7. The van der Waals surface area contributed by atoms with E-state index in [9.17, 15) is 27.0 Å². The normalized spacial score (nSPS) is 14.4. The fourth-order valence-electron chi connectivity index (χ4n) is 7.16. The van der Waals surface area contributed by atoms with Crippen LogP contribution in [0.15, 0.2) is 48.5 Å². The van der Waals surface area contributed by atoms with Gasteiger partial charge in [-0.05, 0) is 66.2 Å². The van der Waals surface area contributed by atoms with E-state index < -0.39 is 20.2 Å². The Kier molecular flexibility index (Phi) is 11.1. The zero-order chi connectivity index (χ0) is 42.1. The molecular formula is C46H60O8S2. The van der Waals surface area contributed by atoms with Crippen LogP contribution in [0.25, 0.3) is 0 Å². The van der Waals surface area contributed by atoms with Gasteiger partial charge in [-0.15, -0.1) is 0 Å². The van der Waals surface area contributed by atoms with E-state index in [1.165, 1.54) is 0 Å². The molecule has 0 saturated heterocycles. The minimum atomic E-state index is -4.02. The third kappa shape index (κ3) is 9.91. The molecule has 8 bridgehead atoms. The van der Waals surface area contributed by atoms with Crippen molar-refractivity contribution in [3.05, 3.63) is 115 Å². The van der Waals surface area contributed by atoms with E-state index in [0.717, 1.165) is 34.8 Å². The molecule has 0 radical (unpaired) electrons. The minimum Gasteiger partial charge on any atom is -0.507 e. The maximum atomic E-state index is 13.0. The standard InChI is InChI=1S/C46H60O8S2/c1-43(2,3)35-19-27-15-31-23-37(45(7,8)9)25-33(41(31)53-55(13,49)50)17-29-21-36(44(4,5)6)22-30(40(29)48)18-34-26-38(46(10,11)12)24-32(16-28(20-35)39(27)47)42(34)54-56(14,51)52/h19-26,47-48H,15-18H2,1-14H3. The van der Waals surface area contributed by atoms with E-state index in [1.807, 2.05) is 48.5 Å². The fraction of sp³-hybridized carbons (Fsp3) is 0.478. The van der Waals surface area contributed by atoms with Crippen LogP contribution in [0.3, 0.4) is 0 Å². The summed E-state index contributed by atoms with van der Waals surface area (Å²) in [6.07, 6.45) is 2.55. The Morgan fingerprint density at radius 3 is 0.732 bits per heavy atom. The molecule has 0 spiro atoms. The Hall–Kier alpha value is -4.02. The number of fused-ring (bicyclic) bond motifs is 8. The van der Waals surface area contributed by atoms with Gasteiger partial charge in [0.1, 0.15) is 23.0 Å². The second-order valence-electron chi connectivity index (χ2n) is 19.8. The molecule has 56 heavy (non-hydrogen) atoms. The van der Waals surface area contributed by atoms with Gasteiger partial charge in [0.2, 0.25) is 0 Å².